The summed E-state index contributed by atoms with van der Waals surface area (Å²) in [7, 11) is 0. The van der Waals surface area contributed by atoms with Crippen LogP contribution in [-0.2, 0) is 6.54 Å². The molecule has 25 heavy (non-hydrogen) atoms. The van der Waals surface area contributed by atoms with Crippen LogP contribution in [0.1, 0.15) is 16.1 Å². The monoisotopic (exact) mass is 338 g/mol. The highest BCUT2D eigenvalue weighted by Gasteiger charge is 2.07. The summed E-state index contributed by atoms with van der Waals surface area (Å²) in [4.78, 5) is 12.2. The molecular weight excluding hydrogens is 316 g/mol. The number of rotatable bonds is 7. The quantitative estimate of drug-likeness (QED) is 0.696. The Labute approximate surface area is 146 Å². The summed E-state index contributed by atoms with van der Waals surface area (Å²) in [5, 5.41) is 12.9. The third-order valence-corrected chi connectivity index (χ3v) is 4.12. The van der Waals surface area contributed by atoms with Gasteiger partial charge in [0.05, 0.1) is 6.61 Å². The highest BCUT2D eigenvalue weighted by molar-refractivity contribution is 5.94. The number of para-hydroxylation sites is 1. The highest BCUT2D eigenvalue weighted by atomic mass is 16.5. The summed E-state index contributed by atoms with van der Waals surface area (Å²) >= 11 is 0. The predicted octanol–water partition coefficient (Wildman–Crippen LogP) is 2.75. The molecule has 1 heterocycles. The van der Waals surface area contributed by atoms with Gasteiger partial charge in [-0.15, -0.1) is 0 Å². The normalized spacial score (nSPS) is 10.8. The van der Waals surface area contributed by atoms with Crippen LogP contribution in [0.4, 0.5) is 0 Å². The lowest BCUT2D eigenvalue weighted by molar-refractivity contribution is 0.0952. The second kappa shape index (κ2) is 7.85. The summed E-state index contributed by atoms with van der Waals surface area (Å²) in [6.07, 6.45) is 0. The van der Waals surface area contributed by atoms with Crippen molar-refractivity contribution in [2.75, 3.05) is 19.8 Å². The fraction of sp³-hybridized carbons (Fsp3) is 0.250. The lowest BCUT2D eigenvalue weighted by atomic mass is 10.2. The largest absolute Gasteiger partial charge is 0.491 e. The minimum atomic E-state index is -0.108. The number of aromatic nitrogens is 1. The third-order valence-electron chi connectivity index (χ3n) is 4.12. The number of nitrogens with zero attached hydrogens (tertiary/aromatic N) is 1. The van der Waals surface area contributed by atoms with Crippen LogP contribution < -0.4 is 10.1 Å². The molecular formula is C20H22N2O3. The van der Waals surface area contributed by atoms with Gasteiger partial charge in [0, 0.05) is 29.9 Å². The standard InChI is InChI=1S/C20H22N2O3/c1-15-14-17-4-2-3-5-19(17)22(15)11-10-21-20(24)16-6-8-18(9-7-16)25-13-12-23/h2-9,14,23H,10-13H2,1H3,(H,21,24). The van der Waals surface area contributed by atoms with Crippen LogP contribution >= 0.6 is 0 Å². The third kappa shape index (κ3) is 4.00. The van der Waals surface area contributed by atoms with E-state index in [4.69, 9.17) is 9.84 Å². The van der Waals surface area contributed by atoms with Crippen LogP contribution in [0.25, 0.3) is 10.9 Å². The maximum absolute atomic E-state index is 12.2. The molecule has 0 saturated carbocycles. The molecule has 0 atom stereocenters. The number of hydrogen-bond donors (Lipinski definition) is 2. The first-order chi connectivity index (χ1) is 12.2. The molecule has 0 saturated heterocycles. The summed E-state index contributed by atoms with van der Waals surface area (Å²) in [5.74, 6) is 0.530. The number of aliphatic hydroxyl groups excluding tert-OH is 1. The van der Waals surface area contributed by atoms with Crippen LogP contribution in [0.3, 0.4) is 0 Å². The topological polar surface area (TPSA) is 63.5 Å². The lowest BCUT2D eigenvalue weighted by Gasteiger charge is -2.10. The predicted molar refractivity (Wildman–Crippen MR) is 98.0 cm³/mol. The molecule has 0 radical (unpaired) electrons. The number of hydrogen-bond acceptors (Lipinski definition) is 3. The van der Waals surface area contributed by atoms with Gasteiger partial charge in [0.2, 0.25) is 0 Å². The SMILES string of the molecule is Cc1cc2ccccc2n1CCNC(=O)c1ccc(OCCO)cc1. The smallest absolute Gasteiger partial charge is 0.251 e. The number of nitrogens with one attached hydrogen (secondary N) is 1. The van der Waals surface area contributed by atoms with Crippen molar-refractivity contribution in [1.29, 1.82) is 0 Å². The zero-order chi connectivity index (χ0) is 17.6. The van der Waals surface area contributed by atoms with Crippen LogP contribution in [-0.4, -0.2) is 35.3 Å². The average Bonchev–Trinajstić information content (AvgIpc) is 2.96. The van der Waals surface area contributed by atoms with E-state index in [1.54, 1.807) is 24.3 Å². The molecule has 0 aliphatic rings. The zero-order valence-electron chi connectivity index (χ0n) is 14.2. The molecule has 130 valence electrons. The van der Waals surface area contributed by atoms with Gasteiger partial charge in [-0.1, -0.05) is 18.2 Å². The molecule has 0 aliphatic heterocycles. The molecule has 3 rings (SSSR count). The summed E-state index contributed by atoms with van der Waals surface area (Å²) in [6, 6.07) is 17.3. The number of benzene rings is 2. The van der Waals surface area contributed by atoms with Crippen LogP contribution in [0.15, 0.2) is 54.6 Å². The van der Waals surface area contributed by atoms with Crippen molar-refractivity contribution in [3.63, 3.8) is 0 Å². The van der Waals surface area contributed by atoms with Gasteiger partial charge in [-0.25, -0.2) is 0 Å². The maximum atomic E-state index is 12.2. The molecule has 1 aromatic heterocycles. The summed E-state index contributed by atoms with van der Waals surface area (Å²) in [6.45, 7) is 3.57. The molecule has 5 nitrogen and oxygen atoms in total. The Morgan fingerprint density at radius 1 is 1.16 bits per heavy atom. The molecule has 0 unspecified atom stereocenters. The first-order valence-electron chi connectivity index (χ1n) is 8.36. The van der Waals surface area contributed by atoms with E-state index in [0.717, 1.165) is 6.54 Å². The van der Waals surface area contributed by atoms with E-state index in [0.29, 0.717) is 17.9 Å². The Morgan fingerprint density at radius 3 is 2.68 bits per heavy atom. The molecule has 0 bridgehead atoms. The van der Waals surface area contributed by atoms with E-state index in [1.807, 2.05) is 12.1 Å². The Morgan fingerprint density at radius 2 is 1.92 bits per heavy atom. The molecule has 2 N–H and O–H groups in total. The minimum absolute atomic E-state index is 0.0320. The average molecular weight is 338 g/mol. The number of carbonyl (C=O) groups excluding carboxylic acids is 1. The van der Waals surface area contributed by atoms with Crippen LogP contribution in [0.2, 0.25) is 0 Å². The van der Waals surface area contributed by atoms with Crippen molar-refractivity contribution in [2.45, 2.75) is 13.5 Å². The Hall–Kier alpha value is -2.79. The maximum Gasteiger partial charge on any atom is 0.251 e. The number of aliphatic hydroxyl groups is 1. The molecule has 0 fully saturated rings. The van der Waals surface area contributed by atoms with Gasteiger partial charge < -0.3 is 19.7 Å². The number of carbonyl (C=O) groups is 1. The van der Waals surface area contributed by atoms with Gasteiger partial charge in [-0.05, 0) is 48.7 Å². The number of ether oxygens (including phenoxy) is 1. The van der Waals surface area contributed by atoms with Gasteiger partial charge in [0.15, 0.2) is 0 Å². The van der Waals surface area contributed by atoms with Crippen molar-refractivity contribution < 1.29 is 14.6 Å². The van der Waals surface area contributed by atoms with E-state index < -0.39 is 0 Å². The summed E-state index contributed by atoms with van der Waals surface area (Å²) in [5.41, 5.74) is 2.95. The highest BCUT2D eigenvalue weighted by Crippen LogP contribution is 2.18. The van der Waals surface area contributed by atoms with E-state index in [2.05, 4.69) is 35.0 Å². The molecule has 3 aromatic rings. The minimum Gasteiger partial charge on any atom is -0.491 e. The van der Waals surface area contributed by atoms with Gasteiger partial charge >= 0.3 is 0 Å². The van der Waals surface area contributed by atoms with Crippen molar-refractivity contribution in [2.24, 2.45) is 0 Å². The van der Waals surface area contributed by atoms with Crippen molar-refractivity contribution in [3.8, 4) is 5.75 Å². The molecule has 2 aromatic carbocycles. The van der Waals surface area contributed by atoms with E-state index >= 15 is 0 Å². The fourth-order valence-electron chi connectivity index (χ4n) is 2.89. The lowest BCUT2D eigenvalue weighted by Crippen LogP contribution is -2.27. The number of amides is 1. The Balaban J connectivity index is 1.58. The molecule has 0 spiro atoms. The molecule has 0 aliphatic carbocycles. The van der Waals surface area contributed by atoms with Crippen LogP contribution in [0, 0.1) is 6.92 Å². The van der Waals surface area contributed by atoms with Crippen molar-refractivity contribution in [1.82, 2.24) is 9.88 Å². The van der Waals surface area contributed by atoms with Crippen molar-refractivity contribution in [3.05, 3.63) is 65.9 Å². The second-order valence-corrected chi connectivity index (χ2v) is 5.85. The molecule has 1 amide bonds. The number of fused-ring (bicyclic) bond motifs is 1. The van der Waals surface area contributed by atoms with Gasteiger partial charge in [-0.3, -0.25) is 4.79 Å². The first kappa shape index (κ1) is 17.0. The Bertz CT molecular complexity index is 853. The summed E-state index contributed by atoms with van der Waals surface area (Å²) < 4.78 is 7.50. The number of aryl methyl sites for hydroxylation is 1. The molecule has 5 heteroatoms. The van der Waals surface area contributed by atoms with Crippen LogP contribution in [0.5, 0.6) is 5.75 Å². The van der Waals surface area contributed by atoms with Gasteiger partial charge in [0.1, 0.15) is 12.4 Å². The first-order valence-corrected chi connectivity index (χ1v) is 8.36. The zero-order valence-corrected chi connectivity index (χ0v) is 14.2. The second-order valence-electron chi connectivity index (χ2n) is 5.85. The van der Waals surface area contributed by atoms with E-state index in [9.17, 15) is 4.79 Å². The Kier molecular flexibility index (Phi) is 5.36. The van der Waals surface area contributed by atoms with Crippen molar-refractivity contribution >= 4 is 16.8 Å². The van der Waals surface area contributed by atoms with Gasteiger partial charge in [0.25, 0.3) is 5.91 Å². The fourth-order valence-corrected chi connectivity index (χ4v) is 2.89. The van der Waals surface area contributed by atoms with E-state index in [1.165, 1.54) is 16.6 Å². The van der Waals surface area contributed by atoms with E-state index in [-0.39, 0.29) is 19.1 Å². The van der Waals surface area contributed by atoms with Gasteiger partial charge in [-0.2, -0.15) is 0 Å².